The van der Waals surface area contributed by atoms with Gasteiger partial charge in [0.05, 0.1) is 6.17 Å². The summed E-state index contributed by atoms with van der Waals surface area (Å²) in [6.45, 7) is 2.07. The van der Waals surface area contributed by atoms with E-state index >= 15 is 0 Å². The van der Waals surface area contributed by atoms with Crippen LogP contribution in [0, 0.1) is 0 Å². The molecule has 60 valence electrons. The molecule has 0 rings (SSSR count). The largest absolute Gasteiger partial charge is 0.373 e. The molecule has 0 saturated heterocycles. The first-order chi connectivity index (χ1) is 4.59. The van der Waals surface area contributed by atoms with E-state index in [-0.39, 0.29) is 12.3 Å². The molecule has 0 amide bonds. The van der Waals surface area contributed by atoms with Crippen LogP contribution in [0.15, 0.2) is 0 Å². The molecule has 0 aromatic carbocycles. The molecule has 0 aliphatic carbocycles. The summed E-state index contributed by atoms with van der Waals surface area (Å²) in [5.41, 5.74) is 5.54. The van der Waals surface area contributed by atoms with Crippen molar-refractivity contribution in [3.05, 3.63) is 0 Å². The molecular formula is C6H14N2O2. The van der Waals surface area contributed by atoms with Gasteiger partial charge >= 0.3 is 6.15 Å². The Morgan fingerprint density at radius 3 is 1.80 bits per heavy atom. The van der Waals surface area contributed by atoms with Crippen LogP contribution < -0.4 is 5.73 Å². The van der Waals surface area contributed by atoms with Crippen LogP contribution in [-0.4, -0.2) is 31.3 Å². The third kappa shape index (κ3) is 10.3. The zero-order valence-corrected chi connectivity index (χ0v) is 6.63. The maximum absolute atomic E-state index is 8.12. The van der Waals surface area contributed by atoms with E-state index in [1.165, 1.54) is 0 Å². The molecule has 0 aromatic heterocycles. The van der Waals surface area contributed by atoms with Crippen molar-refractivity contribution < 1.29 is 9.59 Å². The first-order valence-corrected chi connectivity index (χ1v) is 3.01. The molecule has 0 heterocycles. The fourth-order valence-corrected chi connectivity index (χ4v) is 0.365. The molecule has 0 radical (unpaired) electrons. The van der Waals surface area contributed by atoms with E-state index < -0.39 is 0 Å². The minimum atomic E-state index is 0.236. The minimum Gasteiger partial charge on any atom is -0.316 e. The Kier molecular flexibility index (Phi) is 9.98. The Bertz CT molecular complexity index is 97.9. The second-order valence-electron chi connectivity index (χ2n) is 2.02. The Morgan fingerprint density at radius 2 is 1.80 bits per heavy atom. The first-order valence-electron chi connectivity index (χ1n) is 3.01. The molecule has 0 aliphatic heterocycles. The van der Waals surface area contributed by atoms with Gasteiger partial charge in [-0.1, -0.05) is 6.92 Å². The van der Waals surface area contributed by atoms with Crippen molar-refractivity contribution in [2.24, 2.45) is 5.73 Å². The monoisotopic (exact) mass is 146 g/mol. The molecule has 0 aromatic rings. The van der Waals surface area contributed by atoms with Gasteiger partial charge in [0.2, 0.25) is 0 Å². The molecule has 0 fully saturated rings. The summed E-state index contributed by atoms with van der Waals surface area (Å²) in [6.07, 6.45) is 1.51. The van der Waals surface area contributed by atoms with E-state index in [9.17, 15) is 0 Å². The van der Waals surface area contributed by atoms with Crippen molar-refractivity contribution in [2.45, 2.75) is 19.5 Å². The maximum Gasteiger partial charge on any atom is 0.373 e. The zero-order valence-electron chi connectivity index (χ0n) is 6.63. The Hall–Kier alpha value is -0.700. The van der Waals surface area contributed by atoms with Crippen LogP contribution in [0.1, 0.15) is 13.3 Å². The summed E-state index contributed by atoms with van der Waals surface area (Å²) in [4.78, 5) is 18.2. The Balaban J connectivity index is 0. The van der Waals surface area contributed by atoms with Gasteiger partial charge in [-0.3, -0.25) is 4.90 Å². The highest BCUT2D eigenvalue weighted by Gasteiger charge is 1.97. The molecule has 4 heteroatoms. The van der Waals surface area contributed by atoms with E-state index in [1.54, 1.807) is 0 Å². The second-order valence-corrected chi connectivity index (χ2v) is 2.02. The van der Waals surface area contributed by atoms with Crippen molar-refractivity contribution >= 4 is 6.15 Å². The van der Waals surface area contributed by atoms with Crippen molar-refractivity contribution in [3.8, 4) is 0 Å². The summed E-state index contributed by atoms with van der Waals surface area (Å²) in [5, 5.41) is 0. The third-order valence-electron chi connectivity index (χ3n) is 1.08. The molecular weight excluding hydrogens is 132 g/mol. The highest BCUT2D eigenvalue weighted by Crippen LogP contribution is 1.86. The van der Waals surface area contributed by atoms with Crippen molar-refractivity contribution in [3.63, 3.8) is 0 Å². The average Bonchev–Trinajstić information content (AvgIpc) is 1.88. The van der Waals surface area contributed by atoms with E-state index in [1.807, 2.05) is 19.0 Å². The highest BCUT2D eigenvalue weighted by molar-refractivity contribution is 5.20. The van der Waals surface area contributed by atoms with Crippen LogP contribution in [0.5, 0.6) is 0 Å². The standard InChI is InChI=1S/C5H14N2.CO2/c1-4-5(6)7(2)3;2-1-3/h5H,4,6H2,1-3H3;. The molecule has 1 atom stereocenters. The highest BCUT2D eigenvalue weighted by atomic mass is 16.2. The lowest BCUT2D eigenvalue weighted by Crippen LogP contribution is -2.35. The lowest BCUT2D eigenvalue weighted by molar-refractivity contribution is -0.191. The van der Waals surface area contributed by atoms with Gasteiger partial charge in [-0.15, -0.1) is 0 Å². The lowest BCUT2D eigenvalue weighted by atomic mass is 10.4. The number of rotatable bonds is 2. The smallest absolute Gasteiger partial charge is 0.316 e. The van der Waals surface area contributed by atoms with Gasteiger partial charge < -0.3 is 5.73 Å². The van der Waals surface area contributed by atoms with Crippen molar-refractivity contribution in [2.75, 3.05) is 14.1 Å². The van der Waals surface area contributed by atoms with Crippen LogP contribution in [0.3, 0.4) is 0 Å². The second kappa shape index (κ2) is 8.30. The van der Waals surface area contributed by atoms with Crippen LogP contribution >= 0.6 is 0 Å². The number of nitrogens with two attached hydrogens (primary N) is 1. The van der Waals surface area contributed by atoms with Gasteiger partial charge in [-0.25, -0.2) is 0 Å². The molecule has 10 heavy (non-hydrogen) atoms. The quantitative estimate of drug-likeness (QED) is 0.541. The zero-order chi connectivity index (χ0) is 8.57. The summed E-state index contributed by atoms with van der Waals surface area (Å²) >= 11 is 0. The Morgan fingerprint density at radius 1 is 1.50 bits per heavy atom. The molecule has 0 saturated carbocycles. The topological polar surface area (TPSA) is 63.4 Å². The number of carbonyl (C=O) groups excluding carboxylic acids is 2. The molecule has 2 N–H and O–H groups in total. The molecule has 0 aliphatic rings. The number of nitrogens with zero attached hydrogens (tertiary/aromatic N) is 1. The van der Waals surface area contributed by atoms with Gasteiger partial charge in [0.15, 0.2) is 0 Å². The van der Waals surface area contributed by atoms with Gasteiger partial charge in [0.25, 0.3) is 0 Å². The maximum atomic E-state index is 8.12. The van der Waals surface area contributed by atoms with Gasteiger partial charge in [-0.05, 0) is 20.5 Å². The lowest BCUT2D eigenvalue weighted by Gasteiger charge is -2.16. The van der Waals surface area contributed by atoms with Crippen molar-refractivity contribution in [1.82, 2.24) is 4.90 Å². The summed E-state index contributed by atoms with van der Waals surface area (Å²) < 4.78 is 0. The summed E-state index contributed by atoms with van der Waals surface area (Å²) in [6, 6.07) is 0. The van der Waals surface area contributed by atoms with E-state index in [0.717, 1.165) is 6.42 Å². The van der Waals surface area contributed by atoms with Crippen molar-refractivity contribution in [1.29, 1.82) is 0 Å². The summed E-state index contributed by atoms with van der Waals surface area (Å²) in [5.74, 6) is 0. The van der Waals surface area contributed by atoms with Crippen LogP contribution in [0.2, 0.25) is 0 Å². The van der Waals surface area contributed by atoms with E-state index in [2.05, 4.69) is 6.92 Å². The Labute approximate surface area is 61.0 Å². The molecule has 1 unspecified atom stereocenters. The predicted octanol–water partition coefficient (Wildman–Crippen LogP) is -0.341. The minimum absolute atomic E-state index is 0.236. The van der Waals surface area contributed by atoms with Crippen LogP contribution in [0.25, 0.3) is 0 Å². The third-order valence-corrected chi connectivity index (χ3v) is 1.08. The fraction of sp³-hybridized carbons (Fsp3) is 0.833. The fourth-order valence-electron chi connectivity index (χ4n) is 0.365. The SMILES string of the molecule is CCC(N)N(C)C.O=C=O. The van der Waals surface area contributed by atoms with Crippen LogP contribution in [-0.2, 0) is 9.59 Å². The van der Waals surface area contributed by atoms with Gasteiger partial charge in [0, 0.05) is 0 Å². The van der Waals surface area contributed by atoms with Crippen LogP contribution in [0.4, 0.5) is 0 Å². The summed E-state index contributed by atoms with van der Waals surface area (Å²) in [7, 11) is 3.96. The van der Waals surface area contributed by atoms with Gasteiger partial charge in [0.1, 0.15) is 0 Å². The number of hydrogen-bond donors (Lipinski definition) is 1. The van der Waals surface area contributed by atoms with Gasteiger partial charge in [-0.2, -0.15) is 9.59 Å². The first kappa shape index (κ1) is 12.0. The molecule has 0 spiro atoms. The predicted molar refractivity (Wildman–Crippen MR) is 37.0 cm³/mol. The number of hydrogen-bond acceptors (Lipinski definition) is 4. The normalized spacial score (nSPS) is 11.3. The molecule has 0 bridgehead atoms. The van der Waals surface area contributed by atoms with E-state index in [4.69, 9.17) is 15.3 Å². The molecule has 4 nitrogen and oxygen atoms in total. The van der Waals surface area contributed by atoms with E-state index in [0.29, 0.717) is 0 Å². The average molecular weight is 146 g/mol.